The zero-order valence-corrected chi connectivity index (χ0v) is 13.4. The molecule has 1 aliphatic rings. The molecule has 1 saturated heterocycles. The first kappa shape index (κ1) is 15.5. The van der Waals surface area contributed by atoms with Gasteiger partial charge in [0.25, 0.3) is 5.91 Å². The predicted octanol–water partition coefficient (Wildman–Crippen LogP) is 2.48. The van der Waals surface area contributed by atoms with Crippen LogP contribution in [0.2, 0.25) is 0 Å². The number of benzene rings is 1. The molecule has 3 rings (SSSR count). The number of carbonyl (C=O) groups excluding carboxylic acids is 1. The van der Waals surface area contributed by atoms with Crippen LogP contribution in [0.15, 0.2) is 48.7 Å². The lowest BCUT2D eigenvalue weighted by Crippen LogP contribution is -2.46. The van der Waals surface area contributed by atoms with Crippen molar-refractivity contribution in [2.24, 2.45) is 0 Å². The maximum absolute atomic E-state index is 12.1. The summed E-state index contributed by atoms with van der Waals surface area (Å²) < 4.78 is 0. The molecule has 1 amide bonds. The number of rotatable bonds is 4. The highest BCUT2D eigenvalue weighted by Crippen LogP contribution is 2.17. The predicted molar refractivity (Wildman–Crippen MR) is 93.0 cm³/mol. The third-order valence-electron chi connectivity index (χ3n) is 4.21. The number of anilines is 2. The molecule has 2 heterocycles. The van der Waals surface area contributed by atoms with Crippen LogP contribution in [0.25, 0.3) is 0 Å². The van der Waals surface area contributed by atoms with Gasteiger partial charge in [-0.05, 0) is 30.8 Å². The van der Waals surface area contributed by atoms with E-state index in [1.54, 1.807) is 12.1 Å². The van der Waals surface area contributed by atoms with Crippen molar-refractivity contribution < 1.29 is 4.79 Å². The summed E-state index contributed by atoms with van der Waals surface area (Å²) in [5.41, 5.74) is 1.74. The van der Waals surface area contributed by atoms with E-state index >= 15 is 0 Å². The van der Waals surface area contributed by atoms with Crippen molar-refractivity contribution in [2.45, 2.75) is 6.92 Å². The Morgan fingerprint density at radius 3 is 2.43 bits per heavy atom. The van der Waals surface area contributed by atoms with E-state index in [9.17, 15) is 4.79 Å². The summed E-state index contributed by atoms with van der Waals surface area (Å²) in [5, 5.41) is 2.83. The lowest BCUT2D eigenvalue weighted by molar-refractivity contribution is 0.102. The number of nitrogens with one attached hydrogen (secondary N) is 1. The summed E-state index contributed by atoms with van der Waals surface area (Å²) >= 11 is 0. The first-order valence-electron chi connectivity index (χ1n) is 8.06. The van der Waals surface area contributed by atoms with Gasteiger partial charge in [0.05, 0.1) is 11.9 Å². The first-order valence-corrected chi connectivity index (χ1v) is 8.06. The molecule has 0 aliphatic carbocycles. The van der Waals surface area contributed by atoms with Crippen molar-refractivity contribution in [1.29, 1.82) is 0 Å². The maximum atomic E-state index is 12.1. The van der Waals surface area contributed by atoms with Gasteiger partial charge in [-0.1, -0.05) is 25.1 Å². The number of carbonyl (C=O) groups is 1. The molecule has 1 N–H and O–H groups in total. The molecule has 1 aliphatic heterocycles. The van der Waals surface area contributed by atoms with Gasteiger partial charge in [-0.15, -0.1) is 0 Å². The van der Waals surface area contributed by atoms with Crippen LogP contribution in [-0.4, -0.2) is 48.5 Å². The third-order valence-corrected chi connectivity index (χ3v) is 4.21. The molecule has 5 nitrogen and oxygen atoms in total. The Hall–Kier alpha value is -2.40. The van der Waals surface area contributed by atoms with Crippen LogP contribution in [0.5, 0.6) is 0 Å². The molecule has 23 heavy (non-hydrogen) atoms. The van der Waals surface area contributed by atoms with E-state index in [4.69, 9.17) is 0 Å². The van der Waals surface area contributed by atoms with Crippen molar-refractivity contribution >= 4 is 17.4 Å². The maximum Gasteiger partial charge on any atom is 0.256 e. The summed E-state index contributed by atoms with van der Waals surface area (Å²) in [4.78, 5) is 21.3. The third kappa shape index (κ3) is 3.87. The quantitative estimate of drug-likeness (QED) is 0.942. The summed E-state index contributed by atoms with van der Waals surface area (Å²) in [5.74, 6) is 0.442. The summed E-state index contributed by atoms with van der Waals surface area (Å²) in [6.07, 6.45) is 1.84. The molecule has 1 aromatic carbocycles. The minimum absolute atomic E-state index is 0.137. The fourth-order valence-corrected chi connectivity index (χ4v) is 2.75. The Labute approximate surface area is 136 Å². The van der Waals surface area contributed by atoms with Crippen molar-refractivity contribution in [1.82, 2.24) is 9.88 Å². The highest BCUT2D eigenvalue weighted by Gasteiger charge is 2.16. The van der Waals surface area contributed by atoms with Crippen LogP contribution in [0.3, 0.4) is 0 Å². The number of amides is 1. The van der Waals surface area contributed by atoms with Crippen LogP contribution in [0, 0.1) is 0 Å². The molecule has 5 heteroatoms. The highest BCUT2D eigenvalue weighted by atomic mass is 16.1. The van der Waals surface area contributed by atoms with Crippen LogP contribution >= 0.6 is 0 Å². The van der Waals surface area contributed by atoms with Gasteiger partial charge in [-0.25, -0.2) is 4.98 Å². The van der Waals surface area contributed by atoms with Crippen LogP contribution in [0.1, 0.15) is 17.3 Å². The molecule has 120 valence electrons. The lowest BCUT2D eigenvalue weighted by Gasteiger charge is -2.35. The van der Waals surface area contributed by atoms with E-state index in [0.717, 1.165) is 38.4 Å². The Bertz CT molecular complexity index is 634. The van der Waals surface area contributed by atoms with Crippen molar-refractivity contribution in [3.8, 4) is 0 Å². The van der Waals surface area contributed by atoms with E-state index < -0.39 is 0 Å². The number of aromatic nitrogens is 1. The minimum Gasteiger partial charge on any atom is -0.368 e. The number of pyridine rings is 1. The van der Waals surface area contributed by atoms with Crippen LogP contribution in [-0.2, 0) is 0 Å². The molecule has 0 saturated carbocycles. The van der Waals surface area contributed by atoms with Gasteiger partial charge >= 0.3 is 0 Å². The molecule has 0 atom stereocenters. The number of nitrogens with zero attached hydrogens (tertiary/aromatic N) is 3. The Balaban J connectivity index is 1.60. The van der Waals surface area contributed by atoms with Crippen LogP contribution < -0.4 is 10.2 Å². The van der Waals surface area contributed by atoms with E-state index in [-0.39, 0.29) is 5.91 Å². The van der Waals surface area contributed by atoms with Crippen LogP contribution in [0.4, 0.5) is 11.5 Å². The summed E-state index contributed by atoms with van der Waals surface area (Å²) in [6.45, 7) is 7.51. The molecule has 1 aromatic heterocycles. The Kier molecular flexibility index (Phi) is 4.88. The number of hydrogen-bond acceptors (Lipinski definition) is 4. The number of hydrogen-bond donors (Lipinski definition) is 1. The average Bonchev–Trinajstić information content (AvgIpc) is 2.63. The number of likely N-dealkylation sites (N-methyl/N-ethyl adjacent to an activating group) is 1. The van der Waals surface area contributed by atoms with E-state index in [2.05, 4.69) is 27.0 Å². The molecule has 1 fully saturated rings. The zero-order valence-electron chi connectivity index (χ0n) is 13.4. The van der Waals surface area contributed by atoms with Gasteiger partial charge in [-0.2, -0.15) is 0 Å². The summed E-state index contributed by atoms with van der Waals surface area (Å²) in [6, 6.07) is 13.1. The highest BCUT2D eigenvalue weighted by molar-refractivity contribution is 6.03. The van der Waals surface area contributed by atoms with Crippen molar-refractivity contribution in [3.05, 3.63) is 54.2 Å². The second-order valence-electron chi connectivity index (χ2n) is 5.64. The second kappa shape index (κ2) is 7.24. The fourth-order valence-electron chi connectivity index (χ4n) is 2.75. The SMILES string of the molecule is CCN1CCN(c2ccc(NC(=O)c3ccccc3)nc2)CC1. The van der Waals surface area contributed by atoms with Gasteiger partial charge in [0.1, 0.15) is 5.82 Å². The smallest absolute Gasteiger partial charge is 0.256 e. The molecule has 0 unspecified atom stereocenters. The largest absolute Gasteiger partial charge is 0.368 e. The topological polar surface area (TPSA) is 48.5 Å². The molecule has 2 aromatic rings. The van der Waals surface area contributed by atoms with Gasteiger partial charge in [-0.3, -0.25) is 4.79 Å². The monoisotopic (exact) mass is 310 g/mol. The molecular formula is C18H22N4O. The van der Waals surface area contributed by atoms with E-state index in [0.29, 0.717) is 11.4 Å². The standard InChI is InChI=1S/C18H22N4O/c1-2-21-10-12-22(13-11-21)16-8-9-17(19-14-16)20-18(23)15-6-4-3-5-7-15/h3-9,14H,2,10-13H2,1H3,(H,19,20,23). The fraction of sp³-hybridized carbons (Fsp3) is 0.333. The van der Waals surface area contributed by atoms with Gasteiger partial charge in [0.2, 0.25) is 0 Å². The molecule has 0 bridgehead atoms. The normalized spacial score (nSPS) is 15.4. The Morgan fingerprint density at radius 1 is 1.09 bits per heavy atom. The van der Waals surface area contributed by atoms with Gasteiger partial charge in [0, 0.05) is 31.7 Å². The lowest BCUT2D eigenvalue weighted by atomic mass is 10.2. The summed E-state index contributed by atoms with van der Waals surface area (Å²) in [7, 11) is 0. The van der Waals surface area contributed by atoms with E-state index in [1.807, 2.05) is 36.5 Å². The van der Waals surface area contributed by atoms with Gasteiger partial charge < -0.3 is 15.1 Å². The average molecular weight is 310 g/mol. The second-order valence-corrected chi connectivity index (χ2v) is 5.64. The van der Waals surface area contributed by atoms with Crippen molar-refractivity contribution in [3.63, 3.8) is 0 Å². The molecular weight excluding hydrogens is 288 g/mol. The minimum atomic E-state index is -0.137. The Morgan fingerprint density at radius 2 is 1.83 bits per heavy atom. The van der Waals surface area contributed by atoms with Gasteiger partial charge in [0.15, 0.2) is 0 Å². The van der Waals surface area contributed by atoms with Crippen molar-refractivity contribution in [2.75, 3.05) is 42.9 Å². The van der Waals surface area contributed by atoms with E-state index in [1.165, 1.54) is 0 Å². The molecule has 0 radical (unpaired) electrons. The first-order chi connectivity index (χ1) is 11.3. The zero-order chi connectivity index (χ0) is 16.1. The molecule has 0 spiro atoms. The number of piperazine rings is 1.